The van der Waals surface area contributed by atoms with Gasteiger partial charge < -0.3 is 14.2 Å². The first-order chi connectivity index (χ1) is 16.0. The SMILES string of the molecule is C#CC1C(=O)CCCC1(c1cccc(C(=O)OC)c1)c1ccc(OC)c(OC2CCCC2)c1. The second kappa shape index (κ2) is 9.70. The van der Waals surface area contributed by atoms with E-state index in [2.05, 4.69) is 5.92 Å². The molecule has 0 spiro atoms. The second-order valence-electron chi connectivity index (χ2n) is 8.85. The molecule has 2 aliphatic carbocycles. The highest BCUT2D eigenvalue weighted by Crippen LogP contribution is 2.49. The standard InChI is InChI=1S/C28H30O5/c1-4-23-24(29)13-8-16-28(23,20-10-7-9-19(17-20)27(30)32-3)21-14-15-25(31-2)26(18-21)33-22-11-5-6-12-22/h1,7,9-10,14-15,17-18,22-23H,5-6,8,11-13,16H2,2-3H3. The molecule has 2 aromatic rings. The number of Topliss-reactive ketones (excluding diaryl/α,β-unsaturated/α-hetero) is 1. The van der Waals surface area contributed by atoms with Gasteiger partial charge >= 0.3 is 5.97 Å². The number of benzene rings is 2. The lowest BCUT2D eigenvalue weighted by Gasteiger charge is -2.42. The molecule has 33 heavy (non-hydrogen) atoms. The molecule has 2 aliphatic rings. The zero-order valence-electron chi connectivity index (χ0n) is 19.3. The predicted octanol–water partition coefficient (Wildman–Crippen LogP) is 5.09. The van der Waals surface area contributed by atoms with Gasteiger partial charge in [-0.2, -0.15) is 0 Å². The van der Waals surface area contributed by atoms with Crippen LogP contribution in [0.4, 0.5) is 0 Å². The van der Waals surface area contributed by atoms with Gasteiger partial charge in [-0.1, -0.05) is 24.1 Å². The van der Waals surface area contributed by atoms with Crippen LogP contribution in [0.5, 0.6) is 11.5 Å². The Balaban J connectivity index is 1.88. The van der Waals surface area contributed by atoms with Gasteiger partial charge in [0.25, 0.3) is 0 Å². The maximum atomic E-state index is 13.1. The average molecular weight is 447 g/mol. The maximum absolute atomic E-state index is 13.1. The van der Waals surface area contributed by atoms with Crippen molar-refractivity contribution in [2.75, 3.05) is 14.2 Å². The first-order valence-electron chi connectivity index (χ1n) is 11.6. The molecule has 2 fully saturated rings. The minimum Gasteiger partial charge on any atom is -0.493 e. The molecule has 172 valence electrons. The van der Waals surface area contributed by atoms with Crippen LogP contribution in [0.25, 0.3) is 0 Å². The van der Waals surface area contributed by atoms with Gasteiger partial charge in [0.2, 0.25) is 0 Å². The topological polar surface area (TPSA) is 61.8 Å². The van der Waals surface area contributed by atoms with E-state index in [1.807, 2.05) is 30.3 Å². The van der Waals surface area contributed by atoms with E-state index in [0.29, 0.717) is 36.3 Å². The molecule has 2 aromatic carbocycles. The second-order valence-corrected chi connectivity index (χ2v) is 8.85. The lowest BCUT2D eigenvalue weighted by atomic mass is 9.59. The largest absolute Gasteiger partial charge is 0.493 e. The van der Waals surface area contributed by atoms with Crippen molar-refractivity contribution in [3.63, 3.8) is 0 Å². The third-order valence-electron chi connectivity index (χ3n) is 7.05. The third-order valence-corrected chi connectivity index (χ3v) is 7.05. The van der Waals surface area contributed by atoms with Crippen molar-refractivity contribution in [2.24, 2.45) is 5.92 Å². The minimum atomic E-state index is -0.770. The van der Waals surface area contributed by atoms with Crippen LogP contribution in [0.3, 0.4) is 0 Å². The van der Waals surface area contributed by atoms with Crippen molar-refractivity contribution < 1.29 is 23.8 Å². The Bertz CT molecular complexity index is 1080. The highest BCUT2D eigenvalue weighted by atomic mass is 16.5. The van der Waals surface area contributed by atoms with Gasteiger partial charge in [0.15, 0.2) is 11.5 Å². The lowest BCUT2D eigenvalue weighted by Crippen LogP contribution is -2.43. The van der Waals surface area contributed by atoms with Crippen LogP contribution in [0, 0.1) is 18.3 Å². The molecular formula is C28H30O5. The molecule has 2 atom stereocenters. The number of esters is 1. The lowest BCUT2D eigenvalue weighted by molar-refractivity contribution is -0.124. The maximum Gasteiger partial charge on any atom is 0.337 e. The zero-order chi connectivity index (χ0) is 23.4. The van der Waals surface area contributed by atoms with E-state index in [-0.39, 0.29) is 11.9 Å². The molecule has 2 unspecified atom stereocenters. The van der Waals surface area contributed by atoms with Crippen LogP contribution in [0.15, 0.2) is 42.5 Å². The van der Waals surface area contributed by atoms with Crippen molar-refractivity contribution in [1.29, 1.82) is 0 Å². The summed E-state index contributed by atoms with van der Waals surface area (Å²) in [5, 5.41) is 0. The summed E-state index contributed by atoms with van der Waals surface area (Å²) in [6.07, 6.45) is 12.3. The normalized spacial score (nSPS) is 23.1. The molecule has 0 radical (unpaired) electrons. The monoisotopic (exact) mass is 446 g/mol. The molecular weight excluding hydrogens is 416 g/mol. The molecule has 5 nitrogen and oxygen atoms in total. The molecule has 5 heteroatoms. The van der Waals surface area contributed by atoms with Crippen molar-refractivity contribution in [2.45, 2.75) is 56.5 Å². The summed E-state index contributed by atoms with van der Waals surface area (Å²) in [5.74, 6) is 3.08. The summed E-state index contributed by atoms with van der Waals surface area (Å²) >= 11 is 0. The first kappa shape index (κ1) is 22.9. The van der Waals surface area contributed by atoms with E-state index >= 15 is 0 Å². The summed E-state index contributed by atoms with van der Waals surface area (Å²) in [7, 11) is 2.98. The van der Waals surface area contributed by atoms with E-state index in [0.717, 1.165) is 36.8 Å². The molecule has 0 amide bonds. The smallest absolute Gasteiger partial charge is 0.337 e. The number of carbonyl (C=O) groups is 2. The van der Waals surface area contributed by atoms with E-state index in [9.17, 15) is 9.59 Å². The van der Waals surface area contributed by atoms with Crippen LogP contribution < -0.4 is 9.47 Å². The van der Waals surface area contributed by atoms with Gasteiger partial charge in [-0.3, -0.25) is 4.79 Å². The van der Waals surface area contributed by atoms with Crippen molar-refractivity contribution in [3.8, 4) is 23.8 Å². The number of carbonyl (C=O) groups excluding carboxylic acids is 2. The van der Waals surface area contributed by atoms with Crippen molar-refractivity contribution >= 4 is 11.8 Å². The molecule has 0 aliphatic heterocycles. The van der Waals surface area contributed by atoms with Crippen LogP contribution >= 0.6 is 0 Å². The highest BCUT2D eigenvalue weighted by molar-refractivity contribution is 5.90. The van der Waals surface area contributed by atoms with Crippen LogP contribution in [-0.2, 0) is 14.9 Å². The number of terminal acetylenes is 1. The molecule has 0 bridgehead atoms. The number of ether oxygens (including phenoxy) is 3. The fourth-order valence-corrected chi connectivity index (χ4v) is 5.40. The molecule has 0 heterocycles. The van der Waals surface area contributed by atoms with Gasteiger partial charge in [0.1, 0.15) is 5.78 Å². The quantitative estimate of drug-likeness (QED) is 0.457. The molecule has 4 rings (SSSR count). The Morgan fingerprint density at radius 1 is 1.03 bits per heavy atom. The summed E-state index contributed by atoms with van der Waals surface area (Å²) in [4.78, 5) is 25.3. The van der Waals surface area contributed by atoms with Crippen molar-refractivity contribution in [1.82, 2.24) is 0 Å². The van der Waals surface area contributed by atoms with Crippen LogP contribution in [0.2, 0.25) is 0 Å². The molecule has 0 aromatic heterocycles. The summed E-state index contributed by atoms with van der Waals surface area (Å²) in [5.41, 5.74) is 1.39. The fourth-order valence-electron chi connectivity index (χ4n) is 5.40. The van der Waals surface area contributed by atoms with Crippen molar-refractivity contribution in [3.05, 3.63) is 59.2 Å². The third kappa shape index (κ3) is 4.23. The Morgan fingerprint density at radius 2 is 1.79 bits per heavy atom. The van der Waals surface area contributed by atoms with Gasteiger partial charge in [-0.15, -0.1) is 6.42 Å². The van der Waals surface area contributed by atoms with Crippen LogP contribution in [0.1, 0.15) is 66.4 Å². The Kier molecular flexibility index (Phi) is 6.74. The number of rotatable bonds is 6. The van der Waals surface area contributed by atoms with Crippen LogP contribution in [-0.4, -0.2) is 32.1 Å². The number of hydrogen-bond donors (Lipinski definition) is 0. The van der Waals surface area contributed by atoms with Gasteiger partial charge in [-0.05, 0) is 73.9 Å². The fraction of sp³-hybridized carbons (Fsp3) is 0.429. The predicted molar refractivity (Wildman–Crippen MR) is 126 cm³/mol. The van der Waals surface area contributed by atoms with Gasteiger partial charge in [-0.25, -0.2) is 4.79 Å². The van der Waals surface area contributed by atoms with Gasteiger partial charge in [0.05, 0.1) is 31.8 Å². The number of methoxy groups -OCH3 is 2. The summed E-state index contributed by atoms with van der Waals surface area (Å²) < 4.78 is 16.9. The number of hydrogen-bond acceptors (Lipinski definition) is 5. The highest BCUT2D eigenvalue weighted by Gasteiger charge is 2.47. The van der Waals surface area contributed by atoms with E-state index in [1.54, 1.807) is 19.2 Å². The zero-order valence-corrected chi connectivity index (χ0v) is 19.3. The van der Waals surface area contributed by atoms with E-state index in [1.165, 1.54) is 7.11 Å². The Morgan fingerprint density at radius 3 is 2.48 bits per heavy atom. The number of ketones is 1. The molecule has 2 saturated carbocycles. The first-order valence-corrected chi connectivity index (χ1v) is 11.6. The Hall–Kier alpha value is -3.26. The Labute approximate surface area is 195 Å². The van der Waals surface area contributed by atoms with E-state index in [4.69, 9.17) is 20.6 Å². The average Bonchev–Trinajstić information content (AvgIpc) is 3.36. The summed E-state index contributed by atoms with van der Waals surface area (Å²) in [6.45, 7) is 0. The van der Waals surface area contributed by atoms with E-state index < -0.39 is 17.3 Å². The van der Waals surface area contributed by atoms with Gasteiger partial charge in [0, 0.05) is 11.8 Å². The summed E-state index contributed by atoms with van der Waals surface area (Å²) in [6, 6.07) is 13.1. The molecule has 0 N–H and O–H groups in total. The molecule has 0 saturated heterocycles. The minimum absolute atomic E-state index is 0.0429.